The van der Waals surface area contributed by atoms with Crippen molar-refractivity contribution < 1.29 is 14.3 Å². The predicted octanol–water partition coefficient (Wildman–Crippen LogP) is 1.66. The summed E-state index contributed by atoms with van der Waals surface area (Å²) in [6, 6.07) is 0. The van der Waals surface area contributed by atoms with Gasteiger partial charge < -0.3 is 9.52 Å². The largest absolute Gasteiger partial charge is 0.481 e. The zero-order chi connectivity index (χ0) is 13.8. The van der Waals surface area contributed by atoms with Gasteiger partial charge in [0, 0.05) is 11.8 Å². The number of nitrogens with zero attached hydrogens (tertiary/aromatic N) is 3. The van der Waals surface area contributed by atoms with E-state index in [4.69, 9.17) is 9.52 Å². The Morgan fingerprint density at radius 1 is 1.39 bits per heavy atom. The van der Waals surface area contributed by atoms with Gasteiger partial charge in [0.15, 0.2) is 0 Å². The van der Waals surface area contributed by atoms with Gasteiger partial charge in [0.05, 0.1) is 6.54 Å². The van der Waals surface area contributed by atoms with Crippen molar-refractivity contribution in [3.05, 3.63) is 11.8 Å². The summed E-state index contributed by atoms with van der Waals surface area (Å²) >= 11 is 0. The molecule has 18 heavy (non-hydrogen) atoms. The molecule has 0 atom stereocenters. The third-order valence-corrected chi connectivity index (χ3v) is 2.44. The van der Waals surface area contributed by atoms with Gasteiger partial charge in [-0.2, -0.15) is 0 Å². The average Bonchev–Trinajstić information content (AvgIpc) is 2.64. The molecule has 6 nitrogen and oxygen atoms in total. The minimum absolute atomic E-state index is 0.146. The highest BCUT2D eigenvalue weighted by molar-refractivity contribution is 5.66. The number of carboxylic acid groups (broad SMARTS) is 1. The lowest BCUT2D eigenvalue weighted by atomic mass is 9.97. The van der Waals surface area contributed by atoms with Crippen molar-refractivity contribution in [2.75, 3.05) is 13.6 Å². The molecule has 1 aromatic rings. The zero-order valence-electron chi connectivity index (χ0n) is 11.4. The fraction of sp³-hybridized carbons (Fsp3) is 0.750. The third kappa shape index (κ3) is 4.83. The van der Waals surface area contributed by atoms with Crippen LogP contribution in [0.5, 0.6) is 0 Å². The van der Waals surface area contributed by atoms with E-state index in [0.29, 0.717) is 31.3 Å². The molecule has 0 bridgehead atoms. The van der Waals surface area contributed by atoms with E-state index in [0.717, 1.165) is 0 Å². The minimum Gasteiger partial charge on any atom is -0.481 e. The normalized spacial score (nSPS) is 12.1. The topological polar surface area (TPSA) is 79.5 Å². The Morgan fingerprint density at radius 3 is 2.56 bits per heavy atom. The second-order valence-electron chi connectivity index (χ2n) is 5.49. The van der Waals surface area contributed by atoms with Gasteiger partial charge in [-0.1, -0.05) is 20.8 Å². The summed E-state index contributed by atoms with van der Waals surface area (Å²) in [7, 11) is 1.91. The Kier molecular flexibility index (Phi) is 4.84. The standard InChI is InChI=1S/C12H21N3O3/c1-12(2,3)11-14-13-9(18-11)8-15(4)7-5-6-10(16)17/h5-8H2,1-4H3,(H,16,17). The second kappa shape index (κ2) is 5.95. The third-order valence-electron chi connectivity index (χ3n) is 2.44. The molecule has 0 saturated carbocycles. The Balaban J connectivity index is 2.42. The van der Waals surface area contributed by atoms with Crippen LogP contribution in [0, 0.1) is 0 Å². The van der Waals surface area contributed by atoms with Crippen LogP contribution in [0.1, 0.15) is 45.4 Å². The summed E-state index contributed by atoms with van der Waals surface area (Å²) in [4.78, 5) is 12.4. The predicted molar refractivity (Wildman–Crippen MR) is 66.2 cm³/mol. The van der Waals surface area contributed by atoms with E-state index in [1.54, 1.807) is 0 Å². The Bertz CT molecular complexity index is 396. The number of carboxylic acids is 1. The molecule has 1 rings (SSSR count). The van der Waals surface area contributed by atoms with E-state index in [2.05, 4.69) is 10.2 Å². The number of hydrogen-bond acceptors (Lipinski definition) is 5. The average molecular weight is 255 g/mol. The summed E-state index contributed by atoms with van der Waals surface area (Å²) < 4.78 is 5.57. The highest BCUT2D eigenvalue weighted by Gasteiger charge is 2.21. The minimum atomic E-state index is -0.767. The Morgan fingerprint density at radius 2 is 2.06 bits per heavy atom. The Hall–Kier alpha value is -1.43. The van der Waals surface area contributed by atoms with Crippen LogP contribution in [-0.2, 0) is 16.8 Å². The monoisotopic (exact) mass is 255 g/mol. The first-order valence-corrected chi connectivity index (χ1v) is 6.02. The van der Waals surface area contributed by atoms with Crippen LogP contribution in [-0.4, -0.2) is 39.8 Å². The van der Waals surface area contributed by atoms with Crippen molar-refractivity contribution in [1.29, 1.82) is 0 Å². The van der Waals surface area contributed by atoms with Crippen LogP contribution in [0.2, 0.25) is 0 Å². The van der Waals surface area contributed by atoms with Crippen molar-refractivity contribution >= 4 is 5.97 Å². The number of hydrogen-bond donors (Lipinski definition) is 1. The molecule has 6 heteroatoms. The van der Waals surface area contributed by atoms with Crippen molar-refractivity contribution in [2.24, 2.45) is 0 Å². The van der Waals surface area contributed by atoms with E-state index in [1.165, 1.54) is 0 Å². The number of rotatable bonds is 6. The molecule has 0 aliphatic rings. The van der Waals surface area contributed by atoms with Crippen LogP contribution in [0.3, 0.4) is 0 Å². The highest BCUT2D eigenvalue weighted by atomic mass is 16.4. The summed E-state index contributed by atoms with van der Waals surface area (Å²) in [6.07, 6.45) is 0.799. The summed E-state index contributed by atoms with van der Waals surface area (Å²) in [5, 5.41) is 16.6. The van der Waals surface area contributed by atoms with E-state index in [1.807, 2.05) is 32.7 Å². The van der Waals surface area contributed by atoms with Crippen LogP contribution in [0.15, 0.2) is 4.42 Å². The number of aromatic nitrogens is 2. The van der Waals surface area contributed by atoms with E-state index < -0.39 is 5.97 Å². The maximum atomic E-state index is 10.4. The van der Waals surface area contributed by atoms with Gasteiger partial charge in [-0.25, -0.2) is 0 Å². The molecular weight excluding hydrogens is 234 g/mol. The summed E-state index contributed by atoms with van der Waals surface area (Å²) in [6.45, 7) is 7.28. The van der Waals surface area contributed by atoms with Crippen LogP contribution < -0.4 is 0 Å². The molecule has 0 saturated heterocycles. The lowest BCUT2D eigenvalue weighted by Gasteiger charge is -2.14. The van der Waals surface area contributed by atoms with Gasteiger partial charge in [-0.3, -0.25) is 9.69 Å². The maximum Gasteiger partial charge on any atom is 0.303 e. The van der Waals surface area contributed by atoms with Gasteiger partial charge in [0.25, 0.3) is 0 Å². The highest BCUT2D eigenvalue weighted by Crippen LogP contribution is 2.20. The molecule has 0 amide bonds. The van der Waals surface area contributed by atoms with Crippen molar-refractivity contribution in [3.8, 4) is 0 Å². The molecule has 0 aliphatic heterocycles. The molecule has 0 unspecified atom stereocenters. The quantitative estimate of drug-likeness (QED) is 0.832. The van der Waals surface area contributed by atoms with Gasteiger partial charge in [0.1, 0.15) is 0 Å². The fourth-order valence-electron chi connectivity index (χ4n) is 1.43. The molecular formula is C12H21N3O3. The smallest absolute Gasteiger partial charge is 0.303 e. The van der Waals surface area contributed by atoms with E-state index >= 15 is 0 Å². The zero-order valence-corrected chi connectivity index (χ0v) is 11.4. The van der Waals surface area contributed by atoms with Gasteiger partial charge in [-0.05, 0) is 20.0 Å². The SMILES string of the molecule is CN(CCCC(=O)O)Cc1nnc(C(C)(C)C)o1. The maximum absolute atomic E-state index is 10.4. The fourth-order valence-corrected chi connectivity index (χ4v) is 1.43. The van der Waals surface area contributed by atoms with Gasteiger partial charge in [0.2, 0.25) is 11.8 Å². The molecule has 0 fully saturated rings. The lowest BCUT2D eigenvalue weighted by Crippen LogP contribution is -2.20. The van der Waals surface area contributed by atoms with Crippen molar-refractivity contribution in [2.45, 2.75) is 45.6 Å². The lowest BCUT2D eigenvalue weighted by molar-refractivity contribution is -0.137. The van der Waals surface area contributed by atoms with E-state index in [-0.39, 0.29) is 11.8 Å². The number of carbonyl (C=O) groups is 1. The van der Waals surface area contributed by atoms with Crippen LogP contribution >= 0.6 is 0 Å². The first-order valence-electron chi connectivity index (χ1n) is 6.02. The van der Waals surface area contributed by atoms with Crippen molar-refractivity contribution in [1.82, 2.24) is 15.1 Å². The molecule has 1 N–H and O–H groups in total. The molecule has 0 spiro atoms. The van der Waals surface area contributed by atoms with E-state index in [9.17, 15) is 4.79 Å². The first-order chi connectivity index (χ1) is 8.29. The van der Waals surface area contributed by atoms with Crippen LogP contribution in [0.25, 0.3) is 0 Å². The summed E-state index contributed by atoms with van der Waals surface area (Å²) in [5.41, 5.74) is -0.146. The molecule has 0 radical (unpaired) electrons. The molecule has 1 heterocycles. The molecule has 1 aromatic heterocycles. The van der Waals surface area contributed by atoms with Crippen LogP contribution in [0.4, 0.5) is 0 Å². The molecule has 102 valence electrons. The Labute approximate surface area is 107 Å². The molecule has 0 aliphatic carbocycles. The van der Waals surface area contributed by atoms with Gasteiger partial charge >= 0.3 is 5.97 Å². The summed E-state index contributed by atoms with van der Waals surface area (Å²) in [5.74, 6) is 0.422. The van der Waals surface area contributed by atoms with Crippen molar-refractivity contribution in [3.63, 3.8) is 0 Å². The van der Waals surface area contributed by atoms with Gasteiger partial charge in [-0.15, -0.1) is 10.2 Å². The first kappa shape index (κ1) is 14.6. The number of aliphatic carboxylic acids is 1. The molecule has 0 aromatic carbocycles. The second-order valence-corrected chi connectivity index (χ2v) is 5.49.